The Bertz CT molecular complexity index is 1610. The third-order valence-corrected chi connectivity index (χ3v) is 9.42. The van der Waals surface area contributed by atoms with Crippen LogP contribution < -0.4 is 0 Å². The minimum atomic E-state index is -0.548. The van der Waals surface area contributed by atoms with Gasteiger partial charge in [-0.2, -0.15) is 0 Å². The van der Waals surface area contributed by atoms with Crippen molar-refractivity contribution in [3.05, 3.63) is 138 Å². The average molecular weight is 600 g/mol. The van der Waals surface area contributed by atoms with E-state index in [4.69, 9.17) is 14.5 Å². The van der Waals surface area contributed by atoms with Gasteiger partial charge < -0.3 is 18.9 Å². The molecule has 1 unspecified atom stereocenters. The van der Waals surface area contributed by atoms with Crippen LogP contribution in [0.25, 0.3) is 22.5 Å². The number of hydrogen-bond donors (Lipinski definition) is 0. The smallest absolute Gasteiger partial charge is 0.217 e. The van der Waals surface area contributed by atoms with E-state index in [-0.39, 0.29) is 5.41 Å². The highest BCUT2D eigenvalue weighted by atomic mass is 16.7. The molecule has 4 aromatic carbocycles. The van der Waals surface area contributed by atoms with Gasteiger partial charge in [-0.25, -0.2) is 4.98 Å². The van der Waals surface area contributed by atoms with Gasteiger partial charge in [-0.05, 0) is 30.5 Å². The fourth-order valence-electron chi connectivity index (χ4n) is 6.80. The topological polar surface area (TPSA) is 39.5 Å². The molecule has 0 radical (unpaired) electrons. The average Bonchev–Trinajstić information content (AvgIpc) is 3.47. The van der Waals surface area contributed by atoms with Crippen LogP contribution in [0.1, 0.15) is 49.9 Å². The minimum Gasteiger partial charge on any atom is -0.345 e. The third-order valence-electron chi connectivity index (χ3n) is 9.42. The van der Waals surface area contributed by atoms with E-state index in [2.05, 4.69) is 146 Å². The molecule has 0 saturated carbocycles. The van der Waals surface area contributed by atoms with E-state index in [9.17, 15) is 0 Å². The van der Waals surface area contributed by atoms with Gasteiger partial charge in [-0.1, -0.05) is 142 Å². The van der Waals surface area contributed by atoms with Gasteiger partial charge in [0, 0.05) is 36.2 Å². The maximum Gasteiger partial charge on any atom is 0.217 e. The molecule has 0 aliphatic carbocycles. The summed E-state index contributed by atoms with van der Waals surface area (Å²) in [6, 6.07) is 42.3. The Labute approximate surface area is 268 Å². The molecule has 1 aromatic heterocycles. The molecule has 1 aliphatic rings. The zero-order valence-electron chi connectivity index (χ0n) is 26.8. The number of ether oxygens (including phenoxy) is 2. The summed E-state index contributed by atoms with van der Waals surface area (Å²) in [5, 5.41) is 0. The lowest BCUT2D eigenvalue weighted by Crippen LogP contribution is -2.47. The van der Waals surface area contributed by atoms with Crippen LogP contribution in [0.3, 0.4) is 0 Å². The Morgan fingerprint density at radius 2 is 1.29 bits per heavy atom. The van der Waals surface area contributed by atoms with Crippen molar-refractivity contribution in [2.24, 2.45) is 11.3 Å². The summed E-state index contributed by atoms with van der Waals surface area (Å²) in [4.78, 5) is 7.76. The molecule has 1 atom stereocenters. The molecule has 0 N–H and O–H groups in total. The van der Waals surface area contributed by atoms with Gasteiger partial charge in [-0.3, -0.25) is 0 Å². The van der Waals surface area contributed by atoms with E-state index in [1.54, 1.807) is 0 Å². The molecule has 5 heteroatoms. The van der Waals surface area contributed by atoms with Crippen LogP contribution in [0.2, 0.25) is 0 Å². The lowest BCUT2D eigenvalue weighted by molar-refractivity contribution is -0.252. The van der Waals surface area contributed by atoms with Crippen LogP contribution in [0, 0.1) is 11.3 Å². The van der Waals surface area contributed by atoms with Crippen molar-refractivity contribution in [2.75, 3.05) is 26.8 Å². The van der Waals surface area contributed by atoms with E-state index < -0.39 is 6.29 Å². The Kier molecular flexibility index (Phi) is 9.90. The fraction of sp³-hybridized carbons (Fsp3) is 0.325. The molecule has 2 heterocycles. The number of nitrogens with zero attached hydrogens (tertiary/aromatic N) is 3. The quantitative estimate of drug-likeness (QED) is 0.144. The summed E-state index contributed by atoms with van der Waals surface area (Å²) >= 11 is 0. The summed E-state index contributed by atoms with van der Waals surface area (Å²) in [6.07, 6.45) is 1.52. The summed E-state index contributed by atoms with van der Waals surface area (Å²) in [7, 11) is 2.23. The van der Waals surface area contributed by atoms with Gasteiger partial charge >= 0.3 is 0 Å². The molecule has 45 heavy (non-hydrogen) atoms. The highest BCUT2D eigenvalue weighted by Crippen LogP contribution is 2.43. The van der Waals surface area contributed by atoms with Gasteiger partial charge in [0.15, 0.2) is 5.82 Å². The van der Waals surface area contributed by atoms with Crippen molar-refractivity contribution in [1.82, 2.24) is 14.5 Å². The standard InChI is InChI=1S/C40H45N3O2/c1-4-35(28-42(3)26-31-18-10-6-11-19-31)40(5-2)29-44-39(45-30-40)38-41-36(33-22-14-8-15-23-33)37(34-24-16-9-17-25-34)43(38)27-32-20-12-7-13-21-32/h6-25,35,39H,4-5,26-30H2,1-3H3. The van der Waals surface area contributed by atoms with Crippen LogP contribution >= 0.6 is 0 Å². The molecule has 0 amide bonds. The Balaban J connectivity index is 1.31. The van der Waals surface area contributed by atoms with Crippen LogP contribution in [0.4, 0.5) is 0 Å². The summed E-state index contributed by atoms with van der Waals surface area (Å²) in [6.45, 7) is 8.47. The Hall–Kier alpha value is -4.03. The molecule has 1 aliphatic heterocycles. The van der Waals surface area contributed by atoms with Crippen LogP contribution in [0.15, 0.2) is 121 Å². The van der Waals surface area contributed by atoms with Gasteiger partial charge in [0.25, 0.3) is 0 Å². The third kappa shape index (κ3) is 6.96. The van der Waals surface area contributed by atoms with E-state index in [1.165, 1.54) is 11.1 Å². The lowest BCUT2D eigenvalue weighted by Gasteiger charge is -2.45. The first kappa shape index (κ1) is 31.0. The normalized spacial score (nSPS) is 19.1. The van der Waals surface area contributed by atoms with Crippen molar-refractivity contribution >= 4 is 0 Å². The molecule has 232 valence electrons. The van der Waals surface area contributed by atoms with Crippen molar-refractivity contribution in [3.63, 3.8) is 0 Å². The van der Waals surface area contributed by atoms with Crippen LogP contribution in [-0.2, 0) is 22.6 Å². The Morgan fingerprint density at radius 1 is 0.756 bits per heavy atom. The second-order valence-corrected chi connectivity index (χ2v) is 12.4. The van der Waals surface area contributed by atoms with Crippen molar-refractivity contribution in [3.8, 4) is 22.5 Å². The number of benzene rings is 4. The molecular formula is C40H45N3O2. The number of hydrogen-bond acceptors (Lipinski definition) is 4. The molecule has 6 rings (SSSR count). The van der Waals surface area contributed by atoms with E-state index in [0.29, 0.717) is 25.7 Å². The molecule has 0 spiro atoms. The number of aromatic nitrogens is 2. The molecule has 5 aromatic rings. The highest BCUT2D eigenvalue weighted by Gasteiger charge is 2.43. The second kappa shape index (κ2) is 14.4. The first-order valence-corrected chi connectivity index (χ1v) is 16.3. The van der Waals surface area contributed by atoms with Gasteiger partial charge in [0.05, 0.1) is 24.6 Å². The zero-order valence-corrected chi connectivity index (χ0v) is 26.8. The zero-order chi connectivity index (χ0) is 31.1. The van der Waals surface area contributed by atoms with Crippen molar-refractivity contribution in [2.45, 2.75) is 46.1 Å². The fourth-order valence-corrected chi connectivity index (χ4v) is 6.80. The van der Waals surface area contributed by atoms with Crippen molar-refractivity contribution in [1.29, 1.82) is 0 Å². The largest absolute Gasteiger partial charge is 0.345 e. The molecule has 1 saturated heterocycles. The van der Waals surface area contributed by atoms with E-state index in [1.807, 2.05) is 6.07 Å². The predicted octanol–water partition coefficient (Wildman–Crippen LogP) is 8.87. The first-order valence-electron chi connectivity index (χ1n) is 16.3. The van der Waals surface area contributed by atoms with E-state index >= 15 is 0 Å². The van der Waals surface area contributed by atoms with Gasteiger partial charge in [-0.15, -0.1) is 0 Å². The van der Waals surface area contributed by atoms with Crippen LogP contribution in [0.5, 0.6) is 0 Å². The molecule has 1 fully saturated rings. The lowest BCUT2D eigenvalue weighted by atomic mass is 9.72. The highest BCUT2D eigenvalue weighted by molar-refractivity contribution is 5.79. The van der Waals surface area contributed by atoms with E-state index in [0.717, 1.165) is 54.3 Å². The monoisotopic (exact) mass is 599 g/mol. The minimum absolute atomic E-state index is 0.0580. The number of imidazole rings is 1. The second-order valence-electron chi connectivity index (χ2n) is 12.4. The summed E-state index contributed by atoms with van der Waals surface area (Å²) in [5.74, 6) is 1.26. The molecule has 5 nitrogen and oxygen atoms in total. The maximum absolute atomic E-state index is 6.75. The first-order chi connectivity index (χ1) is 22.1. The summed E-state index contributed by atoms with van der Waals surface area (Å²) < 4.78 is 15.8. The Morgan fingerprint density at radius 3 is 1.84 bits per heavy atom. The van der Waals surface area contributed by atoms with Gasteiger partial charge in [0.2, 0.25) is 6.29 Å². The van der Waals surface area contributed by atoms with Crippen LogP contribution in [-0.4, -0.2) is 41.3 Å². The summed E-state index contributed by atoms with van der Waals surface area (Å²) in [5.41, 5.74) is 6.71. The predicted molar refractivity (Wildman–Crippen MR) is 183 cm³/mol. The maximum atomic E-state index is 6.75. The SMILES string of the molecule is CCC(CN(C)Cc1ccccc1)C1(CC)COC(c2nc(-c3ccccc3)c(-c3ccccc3)n2Cc2ccccc2)OC1. The van der Waals surface area contributed by atoms with Gasteiger partial charge in [0.1, 0.15) is 0 Å². The molecular weight excluding hydrogens is 554 g/mol. The molecule has 0 bridgehead atoms. The number of rotatable bonds is 12. The van der Waals surface area contributed by atoms with Crippen molar-refractivity contribution < 1.29 is 9.47 Å².